The van der Waals surface area contributed by atoms with Crippen LogP contribution in [-0.2, 0) is 14.3 Å². The lowest BCUT2D eigenvalue weighted by Crippen LogP contribution is -2.49. The summed E-state index contributed by atoms with van der Waals surface area (Å²) in [6, 6.07) is 0. The summed E-state index contributed by atoms with van der Waals surface area (Å²) in [7, 11) is 4.03. The highest BCUT2D eigenvalue weighted by molar-refractivity contribution is 5.82. The Morgan fingerprint density at radius 1 is 1.44 bits per heavy atom. The molecule has 0 aliphatic carbocycles. The summed E-state index contributed by atoms with van der Waals surface area (Å²) in [5.41, 5.74) is 0.0648. The third kappa shape index (κ3) is 8.52. The van der Waals surface area contributed by atoms with E-state index in [4.69, 9.17) is 4.74 Å². The smallest absolute Gasteiger partial charge is 0.334 e. The molecule has 0 bridgehead atoms. The molecular weight excluding hydrogens is 234 g/mol. The highest BCUT2D eigenvalue weighted by atomic mass is 16.6. The van der Waals surface area contributed by atoms with Crippen LogP contribution >= 0.6 is 0 Å². The standard InChI is InChI=1S/C9H18NO2.C4H6O2/c1-6-9(11)12-8(3)10(4,5)7-2;1-3(2)4(5)6/h6,8H,1,7H2,2-5H3;1H2,2H3,(H,5,6)/q+1;/p-1. The minimum absolute atomic E-state index is 0.0648. The molecule has 0 saturated heterocycles. The molecule has 0 heterocycles. The van der Waals surface area contributed by atoms with Crippen molar-refractivity contribution in [2.75, 3.05) is 20.6 Å². The van der Waals surface area contributed by atoms with Gasteiger partial charge < -0.3 is 14.6 Å². The number of carboxylic acids is 1. The molecule has 5 heteroatoms. The predicted octanol–water partition coefficient (Wildman–Crippen LogP) is 0.470. The fourth-order valence-corrected chi connectivity index (χ4v) is 0.616. The van der Waals surface area contributed by atoms with Gasteiger partial charge in [0.05, 0.1) is 26.6 Å². The molecule has 0 rings (SSSR count). The number of hydrogen-bond donors (Lipinski definition) is 0. The molecule has 0 amide bonds. The lowest BCUT2D eigenvalue weighted by molar-refractivity contribution is -0.931. The number of rotatable bonds is 5. The number of esters is 1. The quantitative estimate of drug-likeness (QED) is 0.311. The lowest BCUT2D eigenvalue weighted by Gasteiger charge is -2.33. The van der Waals surface area contributed by atoms with Crippen LogP contribution in [0.4, 0.5) is 0 Å². The van der Waals surface area contributed by atoms with Gasteiger partial charge in [0.1, 0.15) is 0 Å². The van der Waals surface area contributed by atoms with Gasteiger partial charge in [-0.25, -0.2) is 4.79 Å². The Bertz CT molecular complexity index is 309. The van der Waals surface area contributed by atoms with Crippen molar-refractivity contribution in [2.45, 2.75) is 27.0 Å². The predicted molar refractivity (Wildman–Crippen MR) is 68.2 cm³/mol. The summed E-state index contributed by atoms with van der Waals surface area (Å²) in [5, 5.41) is 9.49. The Balaban J connectivity index is 0. The van der Waals surface area contributed by atoms with E-state index in [1.807, 2.05) is 21.0 Å². The maximum absolute atomic E-state index is 10.8. The zero-order valence-corrected chi connectivity index (χ0v) is 11.9. The molecule has 0 aliphatic heterocycles. The molecule has 0 aromatic carbocycles. The Hall–Kier alpha value is -1.62. The summed E-state index contributed by atoms with van der Waals surface area (Å²) in [6.07, 6.45) is 1.06. The number of carbonyl (C=O) groups is 2. The van der Waals surface area contributed by atoms with Crippen molar-refractivity contribution in [3.05, 3.63) is 24.8 Å². The largest absolute Gasteiger partial charge is 0.545 e. The van der Waals surface area contributed by atoms with Crippen LogP contribution in [0, 0.1) is 0 Å². The first-order valence-electron chi connectivity index (χ1n) is 5.61. The van der Waals surface area contributed by atoms with Gasteiger partial charge in [0, 0.05) is 13.0 Å². The van der Waals surface area contributed by atoms with E-state index < -0.39 is 5.97 Å². The fraction of sp³-hybridized carbons (Fsp3) is 0.538. The summed E-state index contributed by atoms with van der Waals surface area (Å²) in [5.74, 6) is -1.54. The van der Waals surface area contributed by atoms with E-state index in [0.29, 0.717) is 4.48 Å². The molecule has 0 saturated carbocycles. The van der Waals surface area contributed by atoms with Crippen molar-refractivity contribution < 1.29 is 23.9 Å². The molecule has 0 spiro atoms. The third-order valence-electron chi connectivity index (χ3n) is 2.60. The molecule has 18 heavy (non-hydrogen) atoms. The third-order valence-corrected chi connectivity index (χ3v) is 2.60. The van der Waals surface area contributed by atoms with Gasteiger partial charge in [-0.1, -0.05) is 13.2 Å². The molecule has 1 atom stereocenters. The van der Waals surface area contributed by atoms with Gasteiger partial charge in [-0.3, -0.25) is 4.48 Å². The van der Waals surface area contributed by atoms with Gasteiger partial charge >= 0.3 is 5.97 Å². The van der Waals surface area contributed by atoms with Gasteiger partial charge in [-0.2, -0.15) is 0 Å². The van der Waals surface area contributed by atoms with E-state index in [0.717, 1.165) is 6.54 Å². The summed E-state index contributed by atoms with van der Waals surface area (Å²) in [4.78, 5) is 20.3. The number of aliphatic carboxylic acids is 1. The molecule has 0 aromatic heterocycles. The Morgan fingerprint density at radius 3 is 2.06 bits per heavy atom. The summed E-state index contributed by atoms with van der Waals surface area (Å²) >= 11 is 0. The van der Waals surface area contributed by atoms with Gasteiger partial charge in [0.15, 0.2) is 0 Å². The van der Waals surface area contributed by atoms with E-state index in [-0.39, 0.29) is 17.8 Å². The summed E-state index contributed by atoms with van der Waals surface area (Å²) < 4.78 is 5.74. The normalized spacial score (nSPS) is 11.6. The topological polar surface area (TPSA) is 66.4 Å². The Kier molecular flexibility index (Phi) is 8.81. The van der Waals surface area contributed by atoms with Crippen LogP contribution in [0.5, 0.6) is 0 Å². The second kappa shape index (κ2) is 8.47. The van der Waals surface area contributed by atoms with E-state index in [1.165, 1.54) is 13.0 Å². The van der Waals surface area contributed by atoms with E-state index >= 15 is 0 Å². The van der Waals surface area contributed by atoms with Crippen molar-refractivity contribution in [1.82, 2.24) is 0 Å². The Morgan fingerprint density at radius 2 is 1.83 bits per heavy atom. The fourth-order valence-electron chi connectivity index (χ4n) is 0.616. The van der Waals surface area contributed by atoms with Gasteiger partial charge in [0.2, 0.25) is 6.23 Å². The van der Waals surface area contributed by atoms with Crippen molar-refractivity contribution in [3.63, 3.8) is 0 Å². The highest BCUT2D eigenvalue weighted by Gasteiger charge is 2.24. The van der Waals surface area contributed by atoms with Crippen molar-refractivity contribution >= 4 is 11.9 Å². The second-order valence-corrected chi connectivity index (χ2v) is 4.40. The maximum Gasteiger partial charge on any atom is 0.334 e. The highest BCUT2D eigenvalue weighted by Crippen LogP contribution is 2.07. The first-order chi connectivity index (χ1) is 8.08. The zero-order valence-electron chi connectivity index (χ0n) is 11.9. The number of carbonyl (C=O) groups excluding carboxylic acids is 2. The number of quaternary nitrogens is 1. The van der Waals surface area contributed by atoms with Crippen LogP contribution in [0.3, 0.4) is 0 Å². The monoisotopic (exact) mass is 257 g/mol. The maximum atomic E-state index is 10.8. The molecule has 0 N–H and O–H groups in total. The zero-order chi connectivity index (χ0) is 14.9. The molecule has 104 valence electrons. The molecular formula is C13H23NO4. The molecule has 0 aliphatic rings. The van der Waals surface area contributed by atoms with Crippen LogP contribution in [0.1, 0.15) is 20.8 Å². The van der Waals surface area contributed by atoms with Crippen LogP contribution in [0.25, 0.3) is 0 Å². The minimum atomic E-state index is -1.19. The average molecular weight is 257 g/mol. The number of nitrogens with zero attached hydrogens (tertiary/aromatic N) is 1. The van der Waals surface area contributed by atoms with E-state index in [9.17, 15) is 14.7 Å². The molecule has 0 fully saturated rings. The molecule has 0 aromatic rings. The lowest BCUT2D eigenvalue weighted by atomic mass is 10.4. The van der Waals surface area contributed by atoms with Gasteiger partial charge in [-0.05, 0) is 19.4 Å². The summed E-state index contributed by atoms with van der Waals surface area (Å²) in [6.45, 7) is 12.7. The first kappa shape index (κ1) is 18.7. The number of ether oxygens (including phenoxy) is 1. The second-order valence-electron chi connectivity index (χ2n) is 4.40. The van der Waals surface area contributed by atoms with Crippen LogP contribution in [-0.4, -0.2) is 43.3 Å². The van der Waals surface area contributed by atoms with Gasteiger partial charge in [-0.15, -0.1) is 0 Å². The van der Waals surface area contributed by atoms with Crippen molar-refractivity contribution in [1.29, 1.82) is 0 Å². The average Bonchev–Trinajstić information content (AvgIpc) is 2.29. The first-order valence-corrected chi connectivity index (χ1v) is 5.61. The van der Waals surface area contributed by atoms with Crippen LogP contribution in [0.2, 0.25) is 0 Å². The molecule has 5 nitrogen and oxygen atoms in total. The Labute approximate surface area is 109 Å². The van der Waals surface area contributed by atoms with Crippen molar-refractivity contribution in [2.24, 2.45) is 0 Å². The minimum Gasteiger partial charge on any atom is -0.545 e. The number of carboxylic acid groups (broad SMARTS) is 1. The van der Waals surface area contributed by atoms with Crippen molar-refractivity contribution in [3.8, 4) is 0 Å². The SMILES string of the molecule is C=C(C)C(=O)[O-].C=CC(=O)OC(C)[N+](C)(C)CC. The van der Waals surface area contributed by atoms with E-state index in [2.05, 4.69) is 20.1 Å². The number of hydrogen-bond acceptors (Lipinski definition) is 4. The molecule has 1 unspecified atom stereocenters. The molecule has 0 radical (unpaired) electrons. The van der Waals surface area contributed by atoms with Gasteiger partial charge in [0.25, 0.3) is 0 Å². The van der Waals surface area contributed by atoms with E-state index in [1.54, 1.807) is 0 Å². The van der Waals surface area contributed by atoms with Crippen LogP contribution in [0.15, 0.2) is 24.8 Å². The van der Waals surface area contributed by atoms with Crippen LogP contribution < -0.4 is 5.11 Å².